The maximum atomic E-state index is 12.0. The van der Waals surface area contributed by atoms with Gasteiger partial charge in [0.25, 0.3) is 0 Å². The molecule has 0 bridgehead atoms. The fourth-order valence-electron chi connectivity index (χ4n) is 2.33. The van der Waals surface area contributed by atoms with Crippen LogP contribution in [0.5, 0.6) is 0 Å². The number of nitrogens with zero attached hydrogens (tertiary/aromatic N) is 6. The van der Waals surface area contributed by atoms with E-state index in [9.17, 15) is 4.79 Å². The lowest BCUT2D eigenvalue weighted by atomic mass is 10.1. The summed E-state index contributed by atoms with van der Waals surface area (Å²) in [5, 5.41) is 19.1. The van der Waals surface area contributed by atoms with Gasteiger partial charge in [-0.1, -0.05) is 21.1 Å². The van der Waals surface area contributed by atoms with Gasteiger partial charge in [-0.2, -0.15) is 9.78 Å². The van der Waals surface area contributed by atoms with E-state index in [0.29, 0.717) is 17.5 Å². The van der Waals surface area contributed by atoms with Crippen LogP contribution in [0.4, 0.5) is 4.79 Å². The Bertz CT molecular complexity index is 990. The second-order valence-corrected chi connectivity index (χ2v) is 8.83. The van der Waals surface area contributed by atoms with Gasteiger partial charge in [0.05, 0.1) is 0 Å². The van der Waals surface area contributed by atoms with Crippen molar-refractivity contribution in [2.45, 2.75) is 52.3 Å². The molecule has 2 aromatic heterocycles. The predicted octanol–water partition coefficient (Wildman–Crippen LogP) is 3.29. The number of ether oxygens (including phenoxy) is 1. The van der Waals surface area contributed by atoms with Crippen LogP contribution in [-0.4, -0.2) is 42.0 Å². The predicted molar refractivity (Wildman–Crippen MR) is 107 cm³/mol. The first-order valence-electron chi connectivity index (χ1n) is 8.90. The molecule has 1 aromatic carbocycles. The number of hydrogen-bond donors (Lipinski definition) is 1. The van der Waals surface area contributed by atoms with Crippen LogP contribution in [0.25, 0.3) is 11.4 Å². The molecule has 0 fully saturated rings. The maximum absolute atomic E-state index is 12.0. The van der Waals surface area contributed by atoms with Gasteiger partial charge >= 0.3 is 6.09 Å². The molecule has 0 aliphatic carbocycles. The van der Waals surface area contributed by atoms with Crippen molar-refractivity contribution in [2.24, 2.45) is 0 Å². The molecule has 0 aliphatic rings. The number of rotatable bonds is 5. The fourth-order valence-corrected chi connectivity index (χ4v) is 2.60. The summed E-state index contributed by atoms with van der Waals surface area (Å²) in [6.07, 6.45) is -0.564. The molecule has 0 aliphatic heterocycles. The Labute approximate surface area is 176 Å². The average Bonchev–Trinajstić information content (AvgIpc) is 3.24. The van der Waals surface area contributed by atoms with Crippen molar-refractivity contribution < 1.29 is 14.1 Å². The maximum Gasteiger partial charge on any atom is 0.408 e. The highest BCUT2D eigenvalue weighted by atomic mass is 79.9. The quantitative estimate of drug-likeness (QED) is 0.611. The molecule has 29 heavy (non-hydrogen) atoms. The van der Waals surface area contributed by atoms with E-state index in [0.717, 1.165) is 10.0 Å². The van der Waals surface area contributed by atoms with Gasteiger partial charge in [0.2, 0.25) is 11.7 Å². The summed E-state index contributed by atoms with van der Waals surface area (Å²) in [4.78, 5) is 17.8. The first kappa shape index (κ1) is 20.9. The van der Waals surface area contributed by atoms with E-state index >= 15 is 0 Å². The molecule has 3 rings (SSSR count). The second kappa shape index (κ2) is 7.90. The van der Waals surface area contributed by atoms with Crippen LogP contribution in [0.2, 0.25) is 0 Å². The highest BCUT2D eigenvalue weighted by Gasteiger charge is 2.31. The molecule has 11 heteroatoms. The Balaban J connectivity index is 1.67. The van der Waals surface area contributed by atoms with Gasteiger partial charge in [0.15, 0.2) is 5.82 Å². The average molecular weight is 464 g/mol. The number of hydrogen-bond acceptors (Lipinski definition) is 8. The monoisotopic (exact) mass is 463 g/mol. The lowest BCUT2D eigenvalue weighted by molar-refractivity contribution is 0.0465. The Morgan fingerprint density at radius 3 is 2.55 bits per heavy atom. The first-order chi connectivity index (χ1) is 13.5. The standard InChI is InChI=1S/C18H22BrN7O3/c1-17(2,3)28-16(27)21-18(4,5)15-20-13(29-24-15)10-26-23-14(22-25-26)11-6-8-12(19)9-7-11/h6-9H,10H2,1-5H3,(H,21,27). The zero-order valence-corrected chi connectivity index (χ0v) is 18.4. The van der Waals surface area contributed by atoms with Crippen LogP contribution >= 0.6 is 15.9 Å². The molecule has 10 nitrogen and oxygen atoms in total. The Morgan fingerprint density at radius 1 is 1.21 bits per heavy atom. The van der Waals surface area contributed by atoms with Crippen LogP contribution in [0, 0.1) is 0 Å². The molecule has 0 saturated heterocycles. The first-order valence-corrected chi connectivity index (χ1v) is 9.69. The van der Waals surface area contributed by atoms with Crippen molar-refractivity contribution >= 4 is 22.0 Å². The molecular weight excluding hydrogens is 442 g/mol. The molecule has 1 N–H and O–H groups in total. The van der Waals surface area contributed by atoms with Crippen molar-refractivity contribution in [1.29, 1.82) is 0 Å². The molecule has 2 heterocycles. The summed E-state index contributed by atoms with van der Waals surface area (Å²) < 4.78 is 11.5. The minimum Gasteiger partial charge on any atom is -0.444 e. The van der Waals surface area contributed by atoms with Crippen LogP contribution < -0.4 is 5.32 Å². The number of alkyl carbamates (subject to hydrolysis) is 1. The third-order valence-corrected chi connectivity index (χ3v) is 4.20. The smallest absolute Gasteiger partial charge is 0.408 e. The number of halogens is 1. The zero-order valence-electron chi connectivity index (χ0n) is 16.8. The van der Waals surface area contributed by atoms with E-state index in [1.165, 1.54) is 4.80 Å². The SMILES string of the molecule is CC(C)(C)OC(=O)NC(C)(C)c1noc(Cn2nnc(-c3ccc(Br)cc3)n2)n1. The lowest BCUT2D eigenvalue weighted by Gasteiger charge is -2.26. The number of amides is 1. The third kappa shape index (κ3) is 5.59. The summed E-state index contributed by atoms with van der Waals surface area (Å²) in [5.74, 6) is 1.09. The molecular formula is C18H22BrN7O3. The van der Waals surface area contributed by atoms with E-state index in [1.54, 1.807) is 34.6 Å². The van der Waals surface area contributed by atoms with Gasteiger partial charge in [-0.25, -0.2) is 4.79 Å². The van der Waals surface area contributed by atoms with Gasteiger partial charge < -0.3 is 14.6 Å². The second-order valence-electron chi connectivity index (χ2n) is 7.91. The highest BCUT2D eigenvalue weighted by molar-refractivity contribution is 9.10. The van der Waals surface area contributed by atoms with Crippen molar-refractivity contribution in [3.8, 4) is 11.4 Å². The molecule has 0 saturated carbocycles. The van der Waals surface area contributed by atoms with Crippen LogP contribution in [0.15, 0.2) is 33.3 Å². The van der Waals surface area contributed by atoms with Gasteiger partial charge in [-0.3, -0.25) is 0 Å². The topological polar surface area (TPSA) is 121 Å². The highest BCUT2D eigenvalue weighted by Crippen LogP contribution is 2.19. The Hall–Kier alpha value is -2.82. The summed E-state index contributed by atoms with van der Waals surface area (Å²) >= 11 is 3.39. The Morgan fingerprint density at radius 2 is 1.90 bits per heavy atom. The summed E-state index contributed by atoms with van der Waals surface area (Å²) in [7, 11) is 0. The van der Waals surface area contributed by atoms with Crippen molar-refractivity contribution in [1.82, 2.24) is 35.7 Å². The number of nitrogens with one attached hydrogen (secondary N) is 1. The summed E-state index contributed by atoms with van der Waals surface area (Å²) in [6, 6.07) is 7.59. The number of aromatic nitrogens is 6. The number of carbonyl (C=O) groups is 1. The van der Waals surface area contributed by atoms with Gasteiger partial charge in [0, 0.05) is 10.0 Å². The molecule has 0 atom stereocenters. The minimum absolute atomic E-state index is 0.152. The van der Waals surface area contributed by atoms with Gasteiger partial charge in [-0.05, 0) is 64.1 Å². The molecule has 3 aromatic rings. The summed E-state index contributed by atoms with van der Waals surface area (Å²) in [6.45, 7) is 9.04. The lowest BCUT2D eigenvalue weighted by Crippen LogP contribution is -2.44. The van der Waals surface area contributed by atoms with E-state index in [-0.39, 0.29) is 6.54 Å². The van der Waals surface area contributed by atoms with Crippen molar-refractivity contribution in [3.63, 3.8) is 0 Å². The third-order valence-electron chi connectivity index (χ3n) is 3.67. The Kier molecular flexibility index (Phi) is 5.69. The van der Waals surface area contributed by atoms with Gasteiger partial charge in [0.1, 0.15) is 17.7 Å². The van der Waals surface area contributed by atoms with Crippen LogP contribution in [-0.2, 0) is 16.8 Å². The number of carbonyl (C=O) groups excluding carboxylic acids is 1. The number of benzene rings is 1. The molecule has 0 radical (unpaired) electrons. The summed E-state index contributed by atoms with van der Waals surface area (Å²) in [5.41, 5.74) is -0.649. The molecule has 0 unspecified atom stereocenters. The molecule has 1 amide bonds. The van der Waals surface area contributed by atoms with E-state index < -0.39 is 17.2 Å². The minimum atomic E-state index is -0.886. The van der Waals surface area contributed by atoms with Crippen molar-refractivity contribution in [3.05, 3.63) is 40.5 Å². The number of tetrazole rings is 1. The van der Waals surface area contributed by atoms with Gasteiger partial charge in [-0.15, -0.1) is 10.2 Å². The van der Waals surface area contributed by atoms with Crippen LogP contribution in [0.1, 0.15) is 46.3 Å². The zero-order chi connectivity index (χ0) is 21.2. The van der Waals surface area contributed by atoms with E-state index in [1.807, 2.05) is 24.3 Å². The largest absolute Gasteiger partial charge is 0.444 e. The normalized spacial score (nSPS) is 12.1. The molecule has 0 spiro atoms. The van der Waals surface area contributed by atoms with E-state index in [4.69, 9.17) is 9.26 Å². The van der Waals surface area contributed by atoms with Crippen molar-refractivity contribution in [2.75, 3.05) is 0 Å². The molecule has 154 valence electrons. The van der Waals surface area contributed by atoms with E-state index in [2.05, 4.69) is 46.8 Å². The van der Waals surface area contributed by atoms with Crippen LogP contribution in [0.3, 0.4) is 0 Å². The fraction of sp³-hybridized carbons (Fsp3) is 0.444.